The predicted molar refractivity (Wildman–Crippen MR) is 115 cm³/mol. The Morgan fingerprint density at radius 1 is 1.30 bits per heavy atom. The summed E-state index contributed by atoms with van der Waals surface area (Å²) in [7, 11) is 1.85. The Morgan fingerprint density at radius 3 is 2.80 bits per heavy atom. The highest BCUT2D eigenvalue weighted by Gasteiger charge is 2.12. The molecule has 3 heterocycles. The monoisotopic (exact) mass is 416 g/mol. The summed E-state index contributed by atoms with van der Waals surface area (Å²) in [6.07, 6.45) is 8.71. The molecule has 4 rings (SSSR count). The SMILES string of the molecule is Cn1cc(-c2cnc3[nH]cc(/C=C(\C#N)C(=O)NCc4ccc(Cl)cc4)c3c2)cn1. The second-order valence-corrected chi connectivity index (χ2v) is 7.18. The van der Waals surface area contributed by atoms with E-state index in [-0.39, 0.29) is 5.57 Å². The highest BCUT2D eigenvalue weighted by atomic mass is 35.5. The van der Waals surface area contributed by atoms with E-state index in [4.69, 9.17) is 11.6 Å². The first-order valence-corrected chi connectivity index (χ1v) is 9.52. The zero-order chi connectivity index (χ0) is 21.1. The molecule has 30 heavy (non-hydrogen) atoms. The zero-order valence-corrected chi connectivity index (χ0v) is 16.8. The summed E-state index contributed by atoms with van der Waals surface area (Å²) in [6.45, 7) is 0.301. The van der Waals surface area contributed by atoms with Crippen molar-refractivity contribution in [1.82, 2.24) is 25.1 Å². The molecule has 8 heteroatoms. The number of rotatable bonds is 5. The minimum Gasteiger partial charge on any atom is -0.347 e. The van der Waals surface area contributed by atoms with E-state index in [2.05, 4.69) is 20.4 Å². The van der Waals surface area contributed by atoms with Gasteiger partial charge in [-0.1, -0.05) is 23.7 Å². The molecule has 0 fully saturated rings. The van der Waals surface area contributed by atoms with Crippen LogP contribution in [0.25, 0.3) is 28.2 Å². The Bertz CT molecular complexity index is 1290. The third-order valence-corrected chi connectivity index (χ3v) is 4.88. The molecular weight excluding hydrogens is 400 g/mol. The molecule has 4 aromatic rings. The van der Waals surface area contributed by atoms with E-state index in [1.165, 1.54) is 0 Å². The van der Waals surface area contributed by atoms with Gasteiger partial charge in [-0.15, -0.1) is 0 Å². The van der Waals surface area contributed by atoms with E-state index < -0.39 is 5.91 Å². The average Bonchev–Trinajstić information content (AvgIpc) is 3.37. The molecule has 148 valence electrons. The molecule has 3 aromatic heterocycles. The van der Waals surface area contributed by atoms with Crippen LogP contribution in [0.5, 0.6) is 0 Å². The summed E-state index contributed by atoms with van der Waals surface area (Å²) < 4.78 is 1.72. The molecule has 0 spiro atoms. The number of amides is 1. The summed E-state index contributed by atoms with van der Waals surface area (Å²) in [4.78, 5) is 20.0. The number of nitriles is 1. The molecule has 0 saturated heterocycles. The van der Waals surface area contributed by atoms with Gasteiger partial charge < -0.3 is 10.3 Å². The molecule has 0 aliphatic rings. The summed E-state index contributed by atoms with van der Waals surface area (Å²) in [6, 6.07) is 11.1. The Kier molecular flexibility index (Phi) is 5.33. The zero-order valence-electron chi connectivity index (χ0n) is 16.1. The maximum Gasteiger partial charge on any atom is 0.262 e. The second kappa shape index (κ2) is 8.23. The number of H-pyrrole nitrogens is 1. The lowest BCUT2D eigenvalue weighted by atomic mass is 10.1. The predicted octanol–water partition coefficient (Wildman–Crippen LogP) is 3.84. The molecule has 0 radical (unpaired) electrons. The van der Waals surface area contributed by atoms with Gasteiger partial charge in [-0.2, -0.15) is 10.4 Å². The third kappa shape index (κ3) is 4.09. The van der Waals surface area contributed by atoms with Gasteiger partial charge in [0.25, 0.3) is 5.91 Å². The maximum atomic E-state index is 12.5. The first kappa shape index (κ1) is 19.4. The van der Waals surface area contributed by atoms with Gasteiger partial charge in [-0.25, -0.2) is 4.98 Å². The second-order valence-electron chi connectivity index (χ2n) is 6.75. The average molecular weight is 417 g/mol. The first-order chi connectivity index (χ1) is 14.5. The quantitative estimate of drug-likeness (QED) is 0.381. The van der Waals surface area contributed by atoms with Gasteiger partial charge in [0.2, 0.25) is 0 Å². The number of pyridine rings is 1. The molecule has 1 amide bonds. The van der Waals surface area contributed by atoms with Crippen LogP contribution in [-0.2, 0) is 18.4 Å². The largest absolute Gasteiger partial charge is 0.347 e. The molecule has 2 N–H and O–H groups in total. The minimum atomic E-state index is -0.446. The molecule has 0 aliphatic carbocycles. The van der Waals surface area contributed by atoms with Crippen molar-refractivity contribution >= 4 is 34.6 Å². The van der Waals surface area contributed by atoms with Crippen LogP contribution in [0.2, 0.25) is 5.02 Å². The van der Waals surface area contributed by atoms with Gasteiger partial charge in [0, 0.05) is 59.3 Å². The fourth-order valence-corrected chi connectivity index (χ4v) is 3.18. The van der Waals surface area contributed by atoms with Crippen LogP contribution in [-0.4, -0.2) is 25.7 Å². The Hall–Kier alpha value is -3.89. The fraction of sp³-hybridized carbons (Fsp3) is 0.0909. The van der Waals surface area contributed by atoms with Crippen LogP contribution in [0.3, 0.4) is 0 Å². The van der Waals surface area contributed by atoms with Gasteiger partial charge in [-0.3, -0.25) is 9.48 Å². The molecule has 0 atom stereocenters. The van der Waals surface area contributed by atoms with Crippen LogP contribution in [0.4, 0.5) is 0 Å². The lowest BCUT2D eigenvalue weighted by Crippen LogP contribution is -2.23. The van der Waals surface area contributed by atoms with Crippen molar-refractivity contribution in [2.24, 2.45) is 7.05 Å². The lowest BCUT2D eigenvalue weighted by molar-refractivity contribution is -0.117. The maximum absolute atomic E-state index is 12.5. The lowest BCUT2D eigenvalue weighted by Gasteiger charge is -2.05. The minimum absolute atomic E-state index is 0.0108. The van der Waals surface area contributed by atoms with Crippen molar-refractivity contribution in [3.8, 4) is 17.2 Å². The van der Waals surface area contributed by atoms with Crippen LogP contribution in [0.15, 0.2) is 60.7 Å². The smallest absolute Gasteiger partial charge is 0.262 e. The fourth-order valence-electron chi connectivity index (χ4n) is 3.06. The normalized spacial score (nSPS) is 11.4. The molecule has 0 bridgehead atoms. The van der Waals surface area contributed by atoms with Gasteiger partial charge in [-0.05, 0) is 29.8 Å². The molecular formula is C22H17ClN6O. The topological polar surface area (TPSA) is 99.4 Å². The Labute approximate surface area is 177 Å². The van der Waals surface area contributed by atoms with Crippen molar-refractivity contribution < 1.29 is 4.79 Å². The number of aromatic amines is 1. The number of hydrogen-bond acceptors (Lipinski definition) is 4. The van der Waals surface area contributed by atoms with E-state index in [0.717, 1.165) is 22.1 Å². The standard InChI is InChI=1S/C22H17ClN6O/c1-29-13-18(12-28-29)16-7-20-17(11-26-21(20)25-10-16)6-15(8-24)22(30)27-9-14-2-4-19(23)5-3-14/h2-7,10-13H,9H2,1H3,(H,25,26)(H,27,30)/b15-6+. The summed E-state index contributed by atoms with van der Waals surface area (Å²) >= 11 is 5.87. The van der Waals surface area contributed by atoms with Crippen molar-refractivity contribution in [3.05, 3.63) is 76.8 Å². The highest BCUT2D eigenvalue weighted by molar-refractivity contribution is 6.30. The van der Waals surface area contributed by atoms with Crippen molar-refractivity contribution in [2.75, 3.05) is 0 Å². The Balaban J connectivity index is 1.59. The van der Waals surface area contributed by atoms with Gasteiger partial charge >= 0.3 is 0 Å². The van der Waals surface area contributed by atoms with Crippen LogP contribution < -0.4 is 5.32 Å². The number of nitrogens with zero attached hydrogens (tertiary/aromatic N) is 4. The summed E-state index contributed by atoms with van der Waals surface area (Å²) in [5.41, 5.74) is 4.12. The number of carbonyl (C=O) groups excluding carboxylic acids is 1. The van der Waals surface area contributed by atoms with Gasteiger partial charge in [0.15, 0.2) is 0 Å². The van der Waals surface area contributed by atoms with E-state index >= 15 is 0 Å². The van der Waals surface area contributed by atoms with E-state index in [0.29, 0.717) is 22.8 Å². The van der Waals surface area contributed by atoms with Crippen molar-refractivity contribution in [3.63, 3.8) is 0 Å². The van der Waals surface area contributed by atoms with Gasteiger partial charge in [0.05, 0.1) is 6.20 Å². The first-order valence-electron chi connectivity index (χ1n) is 9.14. The highest BCUT2D eigenvalue weighted by Crippen LogP contribution is 2.25. The van der Waals surface area contributed by atoms with Crippen LogP contribution in [0, 0.1) is 11.3 Å². The van der Waals surface area contributed by atoms with Crippen molar-refractivity contribution in [1.29, 1.82) is 5.26 Å². The summed E-state index contributed by atoms with van der Waals surface area (Å²) in [5, 5.41) is 17.9. The number of halogens is 1. The van der Waals surface area contributed by atoms with Crippen LogP contribution >= 0.6 is 11.6 Å². The number of nitrogens with one attached hydrogen (secondary N) is 2. The Morgan fingerprint density at radius 2 is 2.10 bits per heavy atom. The molecule has 7 nitrogen and oxygen atoms in total. The number of hydrogen-bond donors (Lipinski definition) is 2. The molecule has 0 unspecified atom stereocenters. The van der Waals surface area contributed by atoms with E-state index in [9.17, 15) is 10.1 Å². The van der Waals surface area contributed by atoms with E-state index in [1.54, 1.807) is 41.5 Å². The van der Waals surface area contributed by atoms with Crippen LogP contribution in [0.1, 0.15) is 11.1 Å². The molecule has 0 aliphatic heterocycles. The number of aromatic nitrogens is 4. The molecule has 1 aromatic carbocycles. The third-order valence-electron chi connectivity index (χ3n) is 4.63. The molecule has 0 saturated carbocycles. The van der Waals surface area contributed by atoms with Gasteiger partial charge in [0.1, 0.15) is 17.3 Å². The van der Waals surface area contributed by atoms with Crippen molar-refractivity contribution in [2.45, 2.75) is 6.54 Å². The number of fused-ring (bicyclic) bond motifs is 1. The number of benzene rings is 1. The summed E-state index contributed by atoms with van der Waals surface area (Å²) in [5.74, 6) is -0.446. The number of aryl methyl sites for hydroxylation is 1. The number of carbonyl (C=O) groups is 1. The van der Waals surface area contributed by atoms with E-state index in [1.807, 2.05) is 37.5 Å².